The Hall–Kier alpha value is -3.96. The number of benzene rings is 1. The van der Waals surface area contributed by atoms with Crippen LogP contribution in [-0.2, 0) is 49.4 Å². The standard InChI is InChI=1S/C32H45N3O9/c1-19-11-13-25(14-12-19)18-32(31(41)33-27(30(40)42-7)22(4)44-24(6)37)15-9-17-35(32)29(39)26-10-8-16-34(26)28(38)20(2)21(3)43-23(5)36/h11-14,20-22,26-27H,8-10,15-18H2,1-7H3,(H,33,41)/t20?,21?,22-,26+,27+,32?/m1/s1. The quantitative estimate of drug-likeness (QED) is 0.292. The first-order valence-corrected chi connectivity index (χ1v) is 15.1. The molecule has 1 aromatic carbocycles. The number of hydrogen-bond donors (Lipinski definition) is 1. The topological polar surface area (TPSA) is 149 Å². The SMILES string of the molecule is COC(=O)[C@@H](NC(=O)C1(Cc2ccc(C)cc2)CCCN1C(=O)[C@@H]1CCCN1C(=O)C(C)C(C)OC(C)=O)[C@@H](C)OC(C)=O. The first kappa shape index (κ1) is 34.5. The largest absolute Gasteiger partial charge is 0.467 e. The summed E-state index contributed by atoms with van der Waals surface area (Å²) in [4.78, 5) is 81.2. The highest BCUT2D eigenvalue weighted by Crippen LogP contribution is 2.36. The second kappa shape index (κ2) is 14.7. The lowest BCUT2D eigenvalue weighted by atomic mass is 9.85. The third-order valence-electron chi connectivity index (χ3n) is 8.62. The number of methoxy groups -OCH3 is 1. The molecule has 0 saturated carbocycles. The predicted octanol–water partition coefficient (Wildman–Crippen LogP) is 2.09. The molecule has 0 aliphatic carbocycles. The molecule has 0 aromatic heterocycles. The van der Waals surface area contributed by atoms with E-state index < -0.39 is 59.6 Å². The fourth-order valence-electron chi connectivity index (χ4n) is 6.14. The predicted molar refractivity (Wildman–Crippen MR) is 159 cm³/mol. The molecule has 0 bridgehead atoms. The van der Waals surface area contributed by atoms with Gasteiger partial charge in [-0.05, 0) is 52.0 Å². The summed E-state index contributed by atoms with van der Waals surface area (Å²) < 4.78 is 15.4. The van der Waals surface area contributed by atoms with Gasteiger partial charge in [0.25, 0.3) is 0 Å². The number of nitrogens with one attached hydrogen (secondary N) is 1. The van der Waals surface area contributed by atoms with E-state index >= 15 is 0 Å². The molecule has 2 heterocycles. The molecule has 3 rings (SSSR count). The smallest absolute Gasteiger partial charge is 0.332 e. The Morgan fingerprint density at radius 3 is 2.14 bits per heavy atom. The fourth-order valence-corrected chi connectivity index (χ4v) is 6.14. The molecule has 2 fully saturated rings. The molecule has 3 amide bonds. The summed E-state index contributed by atoms with van der Waals surface area (Å²) in [6.07, 6.45) is 0.320. The molecule has 1 aromatic rings. The van der Waals surface area contributed by atoms with Gasteiger partial charge in [0.05, 0.1) is 13.0 Å². The number of likely N-dealkylation sites (tertiary alicyclic amines) is 2. The summed E-state index contributed by atoms with van der Waals surface area (Å²) in [5.41, 5.74) is 0.462. The fraction of sp³-hybridized carbons (Fsp3) is 0.625. The van der Waals surface area contributed by atoms with Gasteiger partial charge in [-0.25, -0.2) is 4.79 Å². The molecule has 242 valence electrons. The highest BCUT2D eigenvalue weighted by Gasteiger charge is 2.53. The minimum atomic E-state index is -1.39. The molecular weight excluding hydrogens is 570 g/mol. The van der Waals surface area contributed by atoms with E-state index in [0.717, 1.165) is 11.1 Å². The van der Waals surface area contributed by atoms with Crippen molar-refractivity contribution < 1.29 is 43.0 Å². The number of carbonyl (C=O) groups is 6. The van der Waals surface area contributed by atoms with E-state index in [1.807, 2.05) is 31.2 Å². The van der Waals surface area contributed by atoms with Crippen LogP contribution in [0.15, 0.2) is 24.3 Å². The number of hydrogen-bond acceptors (Lipinski definition) is 9. The number of nitrogens with zero attached hydrogens (tertiary/aromatic N) is 2. The zero-order valence-electron chi connectivity index (χ0n) is 26.7. The zero-order chi connectivity index (χ0) is 32.8. The number of rotatable bonds is 11. The lowest BCUT2D eigenvalue weighted by Crippen LogP contribution is -2.64. The molecule has 44 heavy (non-hydrogen) atoms. The maximum Gasteiger partial charge on any atom is 0.332 e. The van der Waals surface area contributed by atoms with Crippen LogP contribution >= 0.6 is 0 Å². The van der Waals surface area contributed by atoms with Gasteiger partial charge < -0.3 is 29.3 Å². The number of carbonyl (C=O) groups excluding carboxylic acids is 6. The first-order valence-electron chi connectivity index (χ1n) is 15.1. The van der Waals surface area contributed by atoms with Gasteiger partial charge >= 0.3 is 17.9 Å². The number of ether oxygens (including phenoxy) is 3. The number of esters is 3. The van der Waals surface area contributed by atoms with Crippen molar-refractivity contribution >= 4 is 35.6 Å². The normalized spacial score (nSPS) is 22.4. The van der Waals surface area contributed by atoms with E-state index in [1.165, 1.54) is 32.8 Å². The molecule has 2 aliphatic rings. The summed E-state index contributed by atoms with van der Waals surface area (Å²) in [5, 5.41) is 2.73. The summed E-state index contributed by atoms with van der Waals surface area (Å²) >= 11 is 0. The molecule has 2 aliphatic heterocycles. The number of amides is 3. The van der Waals surface area contributed by atoms with Gasteiger partial charge in [-0.3, -0.25) is 24.0 Å². The first-order chi connectivity index (χ1) is 20.7. The third-order valence-corrected chi connectivity index (χ3v) is 8.62. The average molecular weight is 616 g/mol. The Kier molecular flexibility index (Phi) is 11.5. The summed E-state index contributed by atoms with van der Waals surface area (Å²) in [6.45, 7) is 9.85. The van der Waals surface area contributed by atoms with Crippen molar-refractivity contribution in [2.24, 2.45) is 5.92 Å². The molecule has 12 nitrogen and oxygen atoms in total. The van der Waals surface area contributed by atoms with Gasteiger partial charge in [-0.2, -0.15) is 0 Å². The van der Waals surface area contributed by atoms with Gasteiger partial charge in [-0.15, -0.1) is 0 Å². The van der Waals surface area contributed by atoms with Gasteiger partial charge in [0.1, 0.15) is 23.8 Å². The van der Waals surface area contributed by atoms with Gasteiger partial charge in [0.15, 0.2) is 6.04 Å². The molecule has 2 saturated heterocycles. The summed E-state index contributed by atoms with van der Waals surface area (Å²) in [6, 6.07) is 5.53. The van der Waals surface area contributed by atoms with Crippen LogP contribution in [0.25, 0.3) is 0 Å². The molecule has 12 heteroatoms. The van der Waals surface area contributed by atoms with Crippen LogP contribution < -0.4 is 5.32 Å². The number of aryl methyl sites for hydroxylation is 1. The van der Waals surface area contributed by atoms with E-state index in [1.54, 1.807) is 18.7 Å². The van der Waals surface area contributed by atoms with E-state index in [4.69, 9.17) is 14.2 Å². The Morgan fingerprint density at radius 1 is 0.932 bits per heavy atom. The Balaban J connectivity index is 1.98. The van der Waals surface area contributed by atoms with E-state index in [0.29, 0.717) is 32.2 Å². The Bertz CT molecular complexity index is 1250. The van der Waals surface area contributed by atoms with Crippen molar-refractivity contribution in [2.45, 2.75) is 103 Å². The van der Waals surface area contributed by atoms with Gasteiger partial charge in [0, 0.05) is 33.4 Å². The second-order valence-electron chi connectivity index (χ2n) is 11.9. The highest BCUT2D eigenvalue weighted by molar-refractivity contribution is 5.97. The summed E-state index contributed by atoms with van der Waals surface area (Å²) in [7, 11) is 1.17. The zero-order valence-corrected chi connectivity index (χ0v) is 26.7. The van der Waals surface area contributed by atoms with Crippen molar-refractivity contribution in [1.82, 2.24) is 15.1 Å². The Labute approximate surface area is 258 Å². The second-order valence-corrected chi connectivity index (χ2v) is 11.9. The average Bonchev–Trinajstić information content (AvgIpc) is 3.63. The monoisotopic (exact) mass is 615 g/mol. The van der Waals surface area contributed by atoms with E-state index in [9.17, 15) is 28.8 Å². The van der Waals surface area contributed by atoms with Crippen molar-refractivity contribution in [3.63, 3.8) is 0 Å². The summed E-state index contributed by atoms with van der Waals surface area (Å²) in [5.74, 6) is -3.83. The van der Waals surface area contributed by atoms with Crippen LogP contribution in [0, 0.1) is 12.8 Å². The molecule has 0 spiro atoms. The maximum atomic E-state index is 14.4. The van der Waals surface area contributed by atoms with Gasteiger partial charge in [-0.1, -0.05) is 36.8 Å². The van der Waals surface area contributed by atoms with Crippen molar-refractivity contribution in [1.29, 1.82) is 0 Å². The maximum absolute atomic E-state index is 14.4. The lowest BCUT2D eigenvalue weighted by Gasteiger charge is -2.41. The van der Waals surface area contributed by atoms with E-state index in [-0.39, 0.29) is 24.8 Å². The van der Waals surface area contributed by atoms with E-state index in [2.05, 4.69) is 5.32 Å². The molecule has 3 unspecified atom stereocenters. The minimum Gasteiger partial charge on any atom is -0.467 e. The van der Waals surface area contributed by atoms with Crippen LogP contribution in [0.4, 0.5) is 0 Å². The van der Waals surface area contributed by atoms with Crippen LogP contribution in [0.3, 0.4) is 0 Å². The van der Waals surface area contributed by atoms with Crippen molar-refractivity contribution in [3.05, 3.63) is 35.4 Å². The van der Waals surface area contributed by atoms with Crippen LogP contribution in [0.1, 0.15) is 71.4 Å². The van der Waals surface area contributed by atoms with Crippen molar-refractivity contribution in [2.75, 3.05) is 20.2 Å². The third kappa shape index (κ3) is 7.75. The van der Waals surface area contributed by atoms with Crippen LogP contribution in [0.2, 0.25) is 0 Å². The molecule has 1 N–H and O–H groups in total. The Morgan fingerprint density at radius 2 is 1.55 bits per heavy atom. The van der Waals surface area contributed by atoms with Crippen LogP contribution in [0.5, 0.6) is 0 Å². The lowest BCUT2D eigenvalue weighted by molar-refractivity contribution is -0.160. The highest BCUT2D eigenvalue weighted by atomic mass is 16.6. The van der Waals surface area contributed by atoms with Crippen LogP contribution in [-0.4, -0.2) is 95.5 Å². The van der Waals surface area contributed by atoms with Crippen molar-refractivity contribution in [3.8, 4) is 0 Å². The molecule has 0 radical (unpaired) electrons. The molecule has 6 atom stereocenters. The molecular formula is C32H45N3O9. The van der Waals surface area contributed by atoms with Gasteiger partial charge in [0.2, 0.25) is 17.7 Å². The minimum absolute atomic E-state index is 0.168.